The molecule has 2 nitrogen and oxygen atoms in total. The van der Waals surface area contributed by atoms with E-state index in [1.54, 1.807) is 0 Å². The highest BCUT2D eigenvalue weighted by atomic mass is 79.9. The molecule has 0 spiro atoms. The molecule has 1 aromatic heterocycles. The summed E-state index contributed by atoms with van der Waals surface area (Å²) in [7, 11) is 0. The Hall–Kier alpha value is -1.35. The van der Waals surface area contributed by atoms with E-state index in [-0.39, 0.29) is 0 Å². The lowest BCUT2D eigenvalue weighted by Crippen LogP contribution is -2.09. The smallest absolute Gasteiger partial charge is 0.106 e. The highest BCUT2D eigenvalue weighted by Crippen LogP contribution is 2.21. The van der Waals surface area contributed by atoms with Gasteiger partial charge < -0.3 is 5.32 Å². The SMILES string of the molecule is C=C1NC=CC=C1c1cccc(Br)n1. The minimum atomic E-state index is 0.832. The first-order chi connectivity index (χ1) is 6.77. The van der Waals surface area contributed by atoms with Gasteiger partial charge >= 0.3 is 0 Å². The first kappa shape index (κ1) is 9.21. The Labute approximate surface area is 91.2 Å². The summed E-state index contributed by atoms with van der Waals surface area (Å²) in [5, 5.41) is 3.05. The highest BCUT2D eigenvalue weighted by Gasteiger charge is 2.08. The molecule has 1 aliphatic rings. The van der Waals surface area contributed by atoms with E-state index in [9.17, 15) is 0 Å². The van der Waals surface area contributed by atoms with Gasteiger partial charge in [0.05, 0.1) is 5.69 Å². The van der Waals surface area contributed by atoms with Crippen LogP contribution in [0.3, 0.4) is 0 Å². The van der Waals surface area contributed by atoms with E-state index >= 15 is 0 Å². The van der Waals surface area contributed by atoms with Gasteiger partial charge in [-0.3, -0.25) is 0 Å². The summed E-state index contributed by atoms with van der Waals surface area (Å²) < 4.78 is 0.832. The molecule has 0 saturated heterocycles. The van der Waals surface area contributed by atoms with Gasteiger partial charge in [0.1, 0.15) is 4.60 Å². The Morgan fingerprint density at radius 3 is 2.93 bits per heavy atom. The van der Waals surface area contributed by atoms with Crippen LogP contribution in [-0.2, 0) is 0 Å². The molecule has 0 amide bonds. The molecule has 1 N–H and O–H groups in total. The van der Waals surface area contributed by atoms with Crippen LogP contribution in [0.25, 0.3) is 5.57 Å². The molecule has 14 heavy (non-hydrogen) atoms. The molecule has 2 heterocycles. The van der Waals surface area contributed by atoms with Gasteiger partial charge in [0.25, 0.3) is 0 Å². The summed E-state index contributed by atoms with van der Waals surface area (Å²) in [5.74, 6) is 0. The Morgan fingerprint density at radius 2 is 2.21 bits per heavy atom. The number of halogens is 1. The Balaban J connectivity index is 2.44. The number of nitrogens with zero attached hydrogens (tertiary/aromatic N) is 1. The highest BCUT2D eigenvalue weighted by molar-refractivity contribution is 9.10. The van der Waals surface area contributed by atoms with Crippen LogP contribution < -0.4 is 5.32 Å². The van der Waals surface area contributed by atoms with Crippen molar-refractivity contribution < 1.29 is 0 Å². The fourth-order valence-electron chi connectivity index (χ4n) is 1.27. The van der Waals surface area contributed by atoms with Gasteiger partial charge in [-0.1, -0.05) is 12.6 Å². The summed E-state index contributed by atoms with van der Waals surface area (Å²) >= 11 is 3.34. The van der Waals surface area contributed by atoms with E-state index in [4.69, 9.17) is 0 Å². The molecule has 0 radical (unpaired) electrons. The molecule has 0 saturated carbocycles. The van der Waals surface area contributed by atoms with Gasteiger partial charge in [-0.25, -0.2) is 4.98 Å². The summed E-state index contributed by atoms with van der Waals surface area (Å²) in [6.45, 7) is 3.92. The molecular formula is C11H9BrN2. The largest absolute Gasteiger partial charge is 0.362 e. The molecule has 0 aromatic carbocycles. The maximum atomic E-state index is 4.36. The second-order valence-corrected chi connectivity index (χ2v) is 3.72. The third-order valence-corrected chi connectivity index (χ3v) is 2.37. The Morgan fingerprint density at radius 1 is 1.36 bits per heavy atom. The van der Waals surface area contributed by atoms with Gasteiger partial charge in [-0.05, 0) is 40.2 Å². The van der Waals surface area contributed by atoms with E-state index in [1.807, 2.05) is 36.6 Å². The third-order valence-electron chi connectivity index (χ3n) is 1.93. The van der Waals surface area contributed by atoms with Crippen LogP contribution in [0.5, 0.6) is 0 Å². The molecule has 0 aliphatic carbocycles. The van der Waals surface area contributed by atoms with E-state index in [0.717, 1.165) is 21.6 Å². The van der Waals surface area contributed by atoms with Crippen LogP contribution in [0.15, 0.2) is 53.4 Å². The average molecular weight is 249 g/mol. The normalized spacial score (nSPS) is 14.9. The molecule has 3 heteroatoms. The standard InChI is InChI=1S/C11H9BrN2/c1-8-9(4-3-7-13-8)10-5-2-6-11(12)14-10/h2-7,13H,1H2. The number of allylic oxidation sites excluding steroid dienone is 3. The summed E-state index contributed by atoms with van der Waals surface area (Å²) in [6.07, 6.45) is 5.78. The van der Waals surface area contributed by atoms with Crippen molar-refractivity contribution in [2.75, 3.05) is 0 Å². The predicted octanol–water partition coefficient (Wildman–Crippen LogP) is 2.86. The number of rotatable bonds is 1. The number of nitrogens with one attached hydrogen (secondary N) is 1. The summed E-state index contributed by atoms with van der Waals surface area (Å²) in [4.78, 5) is 4.36. The van der Waals surface area contributed by atoms with Crippen molar-refractivity contribution >= 4 is 21.5 Å². The molecular weight excluding hydrogens is 240 g/mol. The van der Waals surface area contributed by atoms with Crippen molar-refractivity contribution in [3.8, 4) is 0 Å². The molecule has 0 unspecified atom stereocenters. The molecule has 70 valence electrons. The van der Waals surface area contributed by atoms with E-state index < -0.39 is 0 Å². The number of hydrogen-bond acceptors (Lipinski definition) is 2. The molecule has 2 rings (SSSR count). The maximum absolute atomic E-state index is 4.36. The summed E-state index contributed by atoms with van der Waals surface area (Å²) in [6, 6.07) is 5.82. The van der Waals surface area contributed by atoms with Crippen molar-refractivity contribution in [2.24, 2.45) is 0 Å². The van der Waals surface area contributed by atoms with Crippen molar-refractivity contribution in [1.82, 2.24) is 10.3 Å². The predicted molar refractivity (Wildman–Crippen MR) is 61.3 cm³/mol. The van der Waals surface area contributed by atoms with E-state index in [2.05, 4.69) is 32.8 Å². The summed E-state index contributed by atoms with van der Waals surface area (Å²) in [5.41, 5.74) is 2.81. The Kier molecular flexibility index (Phi) is 2.50. The number of hydrogen-bond donors (Lipinski definition) is 1. The number of dihydropyridines is 1. The lowest BCUT2D eigenvalue weighted by atomic mass is 10.1. The lowest BCUT2D eigenvalue weighted by molar-refractivity contribution is 1.10. The third kappa shape index (κ3) is 1.77. The van der Waals surface area contributed by atoms with Crippen molar-refractivity contribution in [3.05, 3.63) is 59.1 Å². The topological polar surface area (TPSA) is 24.9 Å². The quantitative estimate of drug-likeness (QED) is 0.774. The average Bonchev–Trinajstić information content (AvgIpc) is 2.18. The first-order valence-electron chi connectivity index (χ1n) is 4.23. The van der Waals surface area contributed by atoms with Gasteiger partial charge in [-0.15, -0.1) is 0 Å². The van der Waals surface area contributed by atoms with Crippen molar-refractivity contribution in [2.45, 2.75) is 0 Å². The minimum absolute atomic E-state index is 0.832. The number of pyridine rings is 1. The van der Waals surface area contributed by atoms with Crippen molar-refractivity contribution in [3.63, 3.8) is 0 Å². The van der Waals surface area contributed by atoms with Crippen LogP contribution in [0.1, 0.15) is 5.69 Å². The maximum Gasteiger partial charge on any atom is 0.106 e. The van der Waals surface area contributed by atoms with Gasteiger partial charge in [0.15, 0.2) is 0 Å². The number of aromatic nitrogens is 1. The van der Waals surface area contributed by atoms with Crippen molar-refractivity contribution in [1.29, 1.82) is 0 Å². The monoisotopic (exact) mass is 248 g/mol. The second-order valence-electron chi connectivity index (χ2n) is 2.91. The fourth-order valence-corrected chi connectivity index (χ4v) is 1.61. The van der Waals surface area contributed by atoms with Gasteiger partial charge in [0.2, 0.25) is 0 Å². The minimum Gasteiger partial charge on any atom is -0.362 e. The van der Waals surface area contributed by atoms with Gasteiger partial charge in [0, 0.05) is 17.5 Å². The second kappa shape index (κ2) is 3.80. The van der Waals surface area contributed by atoms with Crippen LogP contribution >= 0.6 is 15.9 Å². The lowest BCUT2D eigenvalue weighted by Gasteiger charge is -2.13. The van der Waals surface area contributed by atoms with Gasteiger partial charge in [-0.2, -0.15) is 0 Å². The van der Waals surface area contributed by atoms with Crippen LogP contribution in [0.2, 0.25) is 0 Å². The van der Waals surface area contributed by atoms with Crippen LogP contribution in [-0.4, -0.2) is 4.98 Å². The van der Waals surface area contributed by atoms with E-state index in [0.29, 0.717) is 0 Å². The molecule has 0 fully saturated rings. The zero-order valence-corrected chi connectivity index (χ0v) is 9.08. The fraction of sp³-hybridized carbons (Fsp3) is 0. The van der Waals surface area contributed by atoms with Crippen LogP contribution in [0.4, 0.5) is 0 Å². The molecule has 0 bridgehead atoms. The molecule has 1 aromatic rings. The van der Waals surface area contributed by atoms with Crippen LogP contribution in [0, 0.1) is 0 Å². The molecule has 1 aliphatic heterocycles. The zero-order valence-electron chi connectivity index (χ0n) is 7.50. The Bertz CT molecular complexity index is 433. The molecule has 0 atom stereocenters. The zero-order chi connectivity index (χ0) is 9.97. The first-order valence-corrected chi connectivity index (χ1v) is 5.02. The van der Waals surface area contributed by atoms with E-state index in [1.165, 1.54) is 0 Å².